The second kappa shape index (κ2) is 6.93. The van der Waals surface area contributed by atoms with Crippen LogP contribution in [0.4, 0.5) is 0 Å². The van der Waals surface area contributed by atoms with Gasteiger partial charge in [-0.05, 0) is 50.9 Å². The van der Waals surface area contributed by atoms with E-state index in [1.165, 1.54) is 36.8 Å². The van der Waals surface area contributed by atoms with E-state index < -0.39 is 0 Å². The fraction of sp³-hybridized carbons (Fsp3) is 0.684. The molecule has 1 atom stereocenters. The molecule has 2 rings (SSSR count). The van der Waals surface area contributed by atoms with Gasteiger partial charge in [-0.15, -0.1) is 0 Å². The molecule has 0 amide bonds. The minimum Gasteiger partial charge on any atom is -0.308 e. The van der Waals surface area contributed by atoms with Gasteiger partial charge in [0.15, 0.2) is 0 Å². The van der Waals surface area contributed by atoms with E-state index in [1.807, 2.05) is 0 Å². The lowest BCUT2D eigenvalue weighted by molar-refractivity contribution is 0.150. The third kappa shape index (κ3) is 3.87. The quantitative estimate of drug-likeness (QED) is 0.838. The van der Waals surface area contributed by atoms with E-state index in [4.69, 9.17) is 0 Å². The Labute approximate surface area is 130 Å². The molecule has 1 aromatic carbocycles. The standard InChI is InChI=1S/C19H32N2/c1-15(2)17-8-10-18(11-9-17)16(3)20-14-19(21(4)5)12-6-7-13-19/h8-11,15-16,20H,6-7,12-14H2,1-5H3. The van der Waals surface area contributed by atoms with Gasteiger partial charge in [-0.25, -0.2) is 0 Å². The molecular formula is C19H32N2. The molecule has 1 fully saturated rings. The molecular weight excluding hydrogens is 256 g/mol. The van der Waals surface area contributed by atoms with E-state index in [1.54, 1.807) is 0 Å². The first-order chi connectivity index (χ1) is 9.94. The minimum absolute atomic E-state index is 0.367. The molecule has 0 aromatic heterocycles. The van der Waals surface area contributed by atoms with Crippen LogP contribution in [0.5, 0.6) is 0 Å². The van der Waals surface area contributed by atoms with E-state index in [0.717, 1.165) is 6.54 Å². The van der Waals surface area contributed by atoms with Crippen LogP contribution >= 0.6 is 0 Å². The normalized spacial score (nSPS) is 19.4. The maximum Gasteiger partial charge on any atom is 0.0328 e. The molecule has 1 aromatic rings. The van der Waals surface area contributed by atoms with Gasteiger partial charge in [0.1, 0.15) is 0 Å². The average Bonchev–Trinajstić information content (AvgIpc) is 2.95. The largest absolute Gasteiger partial charge is 0.308 e. The van der Waals surface area contributed by atoms with E-state index in [9.17, 15) is 0 Å². The van der Waals surface area contributed by atoms with Gasteiger partial charge in [-0.1, -0.05) is 51.0 Å². The number of nitrogens with one attached hydrogen (secondary N) is 1. The van der Waals surface area contributed by atoms with Crippen molar-refractivity contribution in [3.05, 3.63) is 35.4 Å². The SMILES string of the molecule is CC(C)c1ccc(C(C)NCC2(N(C)C)CCCC2)cc1. The summed E-state index contributed by atoms with van der Waals surface area (Å²) in [5, 5.41) is 3.77. The van der Waals surface area contributed by atoms with Gasteiger partial charge in [0.25, 0.3) is 0 Å². The summed E-state index contributed by atoms with van der Waals surface area (Å²) in [5.41, 5.74) is 3.18. The predicted octanol–water partition coefficient (Wildman–Crippen LogP) is 4.34. The highest BCUT2D eigenvalue weighted by Gasteiger charge is 2.35. The van der Waals surface area contributed by atoms with Gasteiger partial charge in [-0.3, -0.25) is 0 Å². The Morgan fingerprint density at radius 2 is 1.52 bits per heavy atom. The van der Waals surface area contributed by atoms with Crippen molar-refractivity contribution >= 4 is 0 Å². The summed E-state index contributed by atoms with van der Waals surface area (Å²) in [7, 11) is 4.46. The summed E-state index contributed by atoms with van der Waals surface area (Å²) >= 11 is 0. The highest BCUT2D eigenvalue weighted by Crippen LogP contribution is 2.33. The lowest BCUT2D eigenvalue weighted by atomic mass is 9.94. The summed E-state index contributed by atoms with van der Waals surface area (Å²) in [6.45, 7) is 7.87. The molecule has 0 aliphatic heterocycles. The Hall–Kier alpha value is -0.860. The second-order valence-corrected chi connectivity index (χ2v) is 7.25. The molecule has 118 valence electrons. The minimum atomic E-state index is 0.367. The van der Waals surface area contributed by atoms with Crippen LogP contribution in [-0.2, 0) is 0 Å². The lowest BCUT2D eigenvalue weighted by Gasteiger charge is -2.37. The van der Waals surface area contributed by atoms with Crippen molar-refractivity contribution in [3.63, 3.8) is 0 Å². The molecule has 0 saturated heterocycles. The predicted molar refractivity (Wildman–Crippen MR) is 91.8 cm³/mol. The van der Waals surface area contributed by atoms with Crippen molar-refractivity contribution in [3.8, 4) is 0 Å². The molecule has 0 radical (unpaired) electrons. The molecule has 21 heavy (non-hydrogen) atoms. The molecule has 2 nitrogen and oxygen atoms in total. The van der Waals surface area contributed by atoms with Crippen LogP contribution < -0.4 is 5.32 Å². The number of nitrogens with zero attached hydrogens (tertiary/aromatic N) is 1. The van der Waals surface area contributed by atoms with Gasteiger partial charge in [0.05, 0.1) is 0 Å². The molecule has 2 heteroatoms. The second-order valence-electron chi connectivity index (χ2n) is 7.25. The first kappa shape index (κ1) is 16.5. The topological polar surface area (TPSA) is 15.3 Å². The number of hydrogen-bond donors (Lipinski definition) is 1. The first-order valence-electron chi connectivity index (χ1n) is 8.45. The monoisotopic (exact) mass is 288 g/mol. The van der Waals surface area contributed by atoms with Crippen LogP contribution in [-0.4, -0.2) is 31.1 Å². The number of benzene rings is 1. The lowest BCUT2D eigenvalue weighted by Crippen LogP contribution is -2.50. The van der Waals surface area contributed by atoms with Crippen LogP contribution in [0, 0.1) is 0 Å². The smallest absolute Gasteiger partial charge is 0.0328 e. The maximum absolute atomic E-state index is 3.77. The molecule has 1 aliphatic carbocycles. The van der Waals surface area contributed by atoms with Gasteiger partial charge >= 0.3 is 0 Å². The Morgan fingerprint density at radius 3 is 2.00 bits per heavy atom. The van der Waals surface area contributed by atoms with Crippen molar-refractivity contribution in [1.29, 1.82) is 0 Å². The summed E-state index contributed by atoms with van der Waals surface area (Å²) in [4.78, 5) is 2.43. The van der Waals surface area contributed by atoms with Crippen LogP contribution in [0.3, 0.4) is 0 Å². The van der Waals surface area contributed by atoms with Crippen molar-refractivity contribution in [2.24, 2.45) is 0 Å². The van der Waals surface area contributed by atoms with Crippen LogP contribution in [0.15, 0.2) is 24.3 Å². The Kier molecular flexibility index (Phi) is 5.45. The Morgan fingerprint density at radius 1 is 1.00 bits per heavy atom. The zero-order chi connectivity index (χ0) is 15.5. The fourth-order valence-corrected chi connectivity index (χ4v) is 3.45. The zero-order valence-electron chi connectivity index (χ0n) is 14.4. The maximum atomic E-state index is 3.77. The fourth-order valence-electron chi connectivity index (χ4n) is 3.45. The Balaban J connectivity index is 1.96. The summed E-state index contributed by atoms with van der Waals surface area (Å²) in [5.74, 6) is 0.609. The zero-order valence-corrected chi connectivity index (χ0v) is 14.4. The Bertz CT molecular complexity index is 427. The van der Waals surface area contributed by atoms with E-state index >= 15 is 0 Å². The summed E-state index contributed by atoms with van der Waals surface area (Å²) in [6.07, 6.45) is 5.40. The molecule has 0 spiro atoms. The summed E-state index contributed by atoms with van der Waals surface area (Å²) < 4.78 is 0. The highest BCUT2D eigenvalue weighted by atomic mass is 15.2. The molecule has 1 aliphatic rings. The molecule has 0 bridgehead atoms. The van der Waals surface area contributed by atoms with Gasteiger partial charge in [0, 0.05) is 18.1 Å². The highest BCUT2D eigenvalue weighted by molar-refractivity contribution is 5.26. The third-order valence-corrected chi connectivity index (χ3v) is 5.32. The van der Waals surface area contributed by atoms with Crippen LogP contribution in [0.2, 0.25) is 0 Å². The van der Waals surface area contributed by atoms with E-state index in [0.29, 0.717) is 17.5 Å². The van der Waals surface area contributed by atoms with Crippen LogP contribution in [0.25, 0.3) is 0 Å². The van der Waals surface area contributed by atoms with Crippen molar-refractivity contribution < 1.29 is 0 Å². The van der Waals surface area contributed by atoms with Crippen molar-refractivity contribution in [2.75, 3.05) is 20.6 Å². The third-order valence-electron chi connectivity index (χ3n) is 5.32. The van der Waals surface area contributed by atoms with E-state index in [-0.39, 0.29) is 0 Å². The van der Waals surface area contributed by atoms with E-state index in [2.05, 4.69) is 69.3 Å². The average molecular weight is 288 g/mol. The number of rotatable bonds is 6. The number of hydrogen-bond acceptors (Lipinski definition) is 2. The van der Waals surface area contributed by atoms with Crippen LogP contribution in [0.1, 0.15) is 69.5 Å². The van der Waals surface area contributed by atoms with Gasteiger partial charge < -0.3 is 10.2 Å². The summed E-state index contributed by atoms with van der Waals surface area (Å²) in [6, 6.07) is 9.53. The van der Waals surface area contributed by atoms with Crippen molar-refractivity contribution in [2.45, 2.75) is 64.0 Å². The number of likely N-dealkylation sites (N-methyl/N-ethyl adjacent to an activating group) is 1. The molecule has 1 unspecified atom stereocenters. The molecule has 1 N–H and O–H groups in total. The first-order valence-corrected chi connectivity index (χ1v) is 8.45. The van der Waals surface area contributed by atoms with Gasteiger partial charge in [-0.2, -0.15) is 0 Å². The van der Waals surface area contributed by atoms with Gasteiger partial charge in [0.2, 0.25) is 0 Å². The molecule has 1 saturated carbocycles. The van der Waals surface area contributed by atoms with Crippen molar-refractivity contribution in [1.82, 2.24) is 10.2 Å². The molecule has 0 heterocycles.